The molecule has 1 aromatic carbocycles. The van der Waals surface area contributed by atoms with Crippen molar-refractivity contribution in [1.29, 1.82) is 0 Å². The zero-order valence-corrected chi connectivity index (χ0v) is 10.2. The number of carbonyl (C=O) groups excluding carboxylic acids is 1. The van der Waals surface area contributed by atoms with Crippen molar-refractivity contribution in [3.05, 3.63) is 28.8 Å². The number of thioether (sulfide) groups is 1. The molecule has 4 heteroatoms. The molecule has 0 fully saturated rings. The van der Waals surface area contributed by atoms with Crippen molar-refractivity contribution in [2.45, 2.75) is 24.0 Å². The van der Waals surface area contributed by atoms with Gasteiger partial charge < -0.3 is 0 Å². The smallest absolute Gasteiger partial charge is 0.253 e. The van der Waals surface area contributed by atoms with Crippen LogP contribution in [0.2, 0.25) is 5.02 Å². The van der Waals surface area contributed by atoms with Crippen molar-refractivity contribution in [3.8, 4) is 0 Å². The third kappa shape index (κ3) is 2.91. The van der Waals surface area contributed by atoms with Gasteiger partial charge in [0.2, 0.25) is 0 Å². The summed E-state index contributed by atoms with van der Waals surface area (Å²) in [6.45, 7) is 4.08. The Bertz CT molecular complexity index is 350. The number of hydrogen-bond donors (Lipinski definition) is 0. The van der Waals surface area contributed by atoms with Crippen LogP contribution in [0.3, 0.4) is 0 Å². The summed E-state index contributed by atoms with van der Waals surface area (Å²) in [5.41, 5.74) is 0.484. The molecule has 0 aliphatic heterocycles. The third-order valence-electron chi connectivity index (χ3n) is 1.53. The average molecular weight is 249 g/mol. The van der Waals surface area contributed by atoms with Gasteiger partial charge in [-0.2, -0.15) is 0 Å². The zero-order valence-electron chi connectivity index (χ0n) is 7.88. The van der Waals surface area contributed by atoms with E-state index < -0.39 is 5.24 Å². The second kappa shape index (κ2) is 5.06. The summed E-state index contributed by atoms with van der Waals surface area (Å²) >= 11 is 13.0. The Balaban J connectivity index is 3.15. The van der Waals surface area contributed by atoms with E-state index in [1.807, 2.05) is 13.8 Å². The van der Waals surface area contributed by atoms with Crippen LogP contribution in [0.5, 0.6) is 0 Å². The van der Waals surface area contributed by atoms with Crippen LogP contribution >= 0.6 is 35.0 Å². The van der Waals surface area contributed by atoms with Crippen molar-refractivity contribution >= 4 is 40.2 Å². The molecule has 0 unspecified atom stereocenters. The third-order valence-corrected chi connectivity index (χ3v) is 3.31. The number of hydrogen-bond acceptors (Lipinski definition) is 2. The van der Waals surface area contributed by atoms with Crippen LogP contribution in [0.25, 0.3) is 0 Å². The number of halogens is 2. The average Bonchev–Trinajstić information content (AvgIpc) is 2.07. The fourth-order valence-corrected chi connectivity index (χ4v) is 2.48. The molecule has 1 aromatic rings. The number of carbonyl (C=O) groups is 1. The summed E-state index contributed by atoms with van der Waals surface area (Å²) in [6.07, 6.45) is 0. The molecule has 0 saturated heterocycles. The highest BCUT2D eigenvalue weighted by molar-refractivity contribution is 8.00. The first kappa shape index (κ1) is 11.9. The highest BCUT2D eigenvalue weighted by Gasteiger charge is 2.13. The summed E-state index contributed by atoms with van der Waals surface area (Å²) < 4.78 is 0. The Hall–Kier alpha value is -0.180. The Morgan fingerprint density at radius 3 is 2.57 bits per heavy atom. The van der Waals surface area contributed by atoms with E-state index in [0.717, 1.165) is 4.90 Å². The molecule has 1 nitrogen and oxygen atoms in total. The van der Waals surface area contributed by atoms with E-state index in [1.165, 1.54) is 0 Å². The van der Waals surface area contributed by atoms with Gasteiger partial charge in [0, 0.05) is 15.7 Å². The quantitative estimate of drug-likeness (QED) is 0.589. The lowest BCUT2D eigenvalue weighted by molar-refractivity contribution is 0.107. The van der Waals surface area contributed by atoms with Gasteiger partial charge in [0.1, 0.15) is 0 Å². The van der Waals surface area contributed by atoms with Gasteiger partial charge in [-0.3, -0.25) is 4.79 Å². The molecule has 0 atom stereocenters. The van der Waals surface area contributed by atoms with Crippen molar-refractivity contribution in [1.82, 2.24) is 0 Å². The summed E-state index contributed by atoms with van der Waals surface area (Å²) in [7, 11) is 0. The van der Waals surface area contributed by atoms with Crippen molar-refractivity contribution in [2.75, 3.05) is 0 Å². The zero-order chi connectivity index (χ0) is 10.7. The van der Waals surface area contributed by atoms with Gasteiger partial charge in [0.05, 0.1) is 5.02 Å². The SMILES string of the molecule is CC(C)Sc1c(Cl)cccc1C(=O)Cl. The van der Waals surface area contributed by atoms with E-state index in [1.54, 1.807) is 30.0 Å². The standard InChI is InChI=1S/C10H10Cl2OS/c1-6(2)14-9-7(10(12)13)4-3-5-8(9)11/h3-6H,1-2H3. The molecule has 0 N–H and O–H groups in total. The van der Waals surface area contributed by atoms with Gasteiger partial charge in [0.25, 0.3) is 5.24 Å². The van der Waals surface area contributed by atoms with Gasteiger partial charge in [0.15, 0.2) is 0 Å². The van der Waals surface area contributed by atoms with Crippen molar-refractivity contribution in [2.24, 2.45) is 0 Å². The molecule has 0 spiro atoms. The molecule has 0 heterocycles. The van der Waals surface area contributed by atoms with Crippen LogP contribution < -0.4 is 0 Å². The van der Waals surface area contributed by atoms with E-state index in [9.17, 15) is 4.79 Å². The minimum Gasteiger partial charge on any atom is -0.276 e. The molecule has 1 rings (SSSR count). The molecule has 76 valence electrons. The van der Waals surface area contributed by atoms with Crippen molar-refractivity contribution in [3.63, 3.8) is 0 Å². The second-order valence-corrected chi connectivity index (χ2v) is 5.39. The van der Waals surface area contributed by atoms with Crippen LogP contribution in [0.15, 0.2) is 23.1 Å². The molecule has 0 aliphatic rings. The van der Waals surface area contributed by atoms with Gasteiger partial charge in [-0.1, -0.05) is 31.5 Å². The predicted octanol–water partition coefficient (Wildman–Crippen LogP) is 4.22. The lowest BCUT2D eigenvalue weighted by Gasteiger charge is -2.09. The van der Waals surface area contributed by atoms with E-state index in [-0.39, 0.29) is 0 Å². The van der Waals surface area contributed by atoms with Crippen LogP contribution in [-0.4, -0.2) is 10.5 Å². The molecule has 14 heavy (non-hydrogen) atoms. The lowest BCUT2D eigenvalue weighted by atomic mass is 10.2. The maximum Gasteiger partial charge on any atom is 0.253 e. The summed E-state index contributed by atoms with van der Waals surface area (Å²) in [6, 6.07) is 5.17. The van der Waals surface area contributed by atoms with Crippen LogP contribution in [0, 0.1) is 0 Å². The Morgan fingerprint density at radius 1 is 1.43 bits per heavy atom. The number of benzene rings is 1. The maximum atomic E-state index is 11.1. The fourth-order valence-electron chi connectivity index (χ4n) is 1.02. The maximum absolute atomic E-state index is 11.1. The van der Waals surface area contributed by atoms with Crippen LogP contribution in [0.4, 0.5) is 0 Å². The predicted molar refractivity (Wildman–Crippen MR) is 62.6 cm³/mol. The van der Waals surface area contributed by atoms with Crippen LogP contribution in [0.1, 0.15) is 24.2 Å². The first-order valence-electron chi connectivity index (χ1n) is 4.17. The first-order valence-corrected chi connectivity index (χ1v) is 5.81. The number of rotatable bonds is 3. The summed E-state index contributed by atoms with van der Waals surface area (Å²) in [4.78, 5) is 11.9. The molecule has 0 amide bonds. The minimum absolute atomic E-state index is 0.365. The topological polar surface area (TPSA) is 17.1 Å². The minimum atomic E-state index is -0.462. The van der Waals surface area contributed by atoms with Crippen LogP contribution in [-0.2, 0) is 0 Å². The highest BCUT2D eigenvalue weighted by atomic mass is 35.5. The van der Waals surface area contributed by atoms with Gasteiger partial charge >= 0.3 is 0 Å². The molecular weight excluding hydrogens is 239 g/mol. The molecule has 0 aromatic heterocycles. The highest BCUT2D eigenvalue weighted by Crippen LogP contribution is 2.34. The largest absolute Gasteiger partial charge is 0.276 e. The van der Waals surface area contributed by atoms with E-state index in [2.05, 4.69) is 0 Å². The Morgan fingerprint density at radius 2 is 2.07 bits per heavy atom. The van der Waals surface area contributed by atoms with Gasteiger partial charge in [-0.25, -0.2) is 0 Å². The van der Waals surface area contributed by atoms with Crippen molar-refractivity contribution < 1.29 is 4.79 Å². The molecule has 0 aliphatic carbocycles. The summed E-state index contributed by atoms with van der Waals surface area (Å²) in [5, 5.41) is 0.482. The van der Waals surface area contributed by atoms with E-state index in [0.29, 0.717) is 15.8 Å². The van der Waals surface area contributed by atoms with E-state index in [4.69, 9.17) is 23.2 Å². The molecule has 0 saturated carbocycles. The second-order valence-electron chi connectivity index (χ2n) is 3.06. The normalized spacial score (nSPS) is 10.6. The monoisotopic (exact) mass is 248 g/mol. The Kier molecular flexibility index (Phi) is 4.30. The first-order chi connectivity index (χ1) is 6.52. The molecular formula is C10H10Cl2OS. The summed E-state index contributed by atoms with van der Waals surface area (Å²) in [5.74, 6) is 0. The fraction of sp³-hybridized carbons (Fsp3) is 0.300. The Labute approximate surface area is 97.8 Å². The van der Waals surface area contributed by atoms with Gasteiger partial charge in [-0.05, 0) is 23.7 Å². The van der Waals surface area contributed by atoms with E-state index >= 15 is 0 Å². The van der Waals surface area contributed by atoms with Gasteiger partial charge in [-0.15, -0.1) is 11.8 Å². The molecule has 0 bridgehead atoms. The molecule has 0 radical (unpaired) electrons. The lowest BCUT2D eigenvalue weighted by Crippen LogP contribution is -1.96.